The van der Waals surface area contributed by atoms with Gasteiger partial charge in [-0.05, 0) is 31.2 Å². The normalized spacial score (nSPS) is 11.4. The summed E-state index contributed by atoms with van der Waals surface area (Å²) in [5.74, 6) is 0. The molecule has 0 spiro atoms. The molecule has 1 heterocycles. The SMILES string of the molecule is Cc1ccc(/C(=N/Nc2nc(-c3ccc(Br)cc3)cs2)c2ccc([N+](=O)[O-])cc2)cc1. The number of hydrogen-bond donors (Lipinski definition) is 1. The average molecular weight is 493 g/mol. The summed E-state index contributed by atoms with van der Waals surface area (Å²) in [6.45, 7) is 2.02. The van der Waals surface area contributed by atoms with E-state index in [0.717, 1.165) is 32.4 Å². The van der Waals surface area contributed by atoms with Crippen LogP contribution < -0.4 is 5.43 Å². The molecule has 6 nitrogen and oxygen atoms in total. The van der Waals surface area contributed by atoms with Crippen LogP contribution in [-0.2, 0) is 0 Å². The molecule has 0 aliphatic carbocycles. The summed E-state index contributed by atoms with van der Waals surface area (Å²) in [6, 6.07) is 22.3. The van der Waals surface area contributed by atoms with Crippen molar-refractivity contribution in [2.45, 2.75) is 6.92 Å². The third-order valence-corrected chi connectivity index (χ3v) is 5.86. The van der Waals surface area contributed by atoms with Crippen molar-refractivity contribution in [1.82, 2.24) is 4.98 Å². The summed E-state index contributed by atoms with van der Waals surface area (Å²) < 4.78 is 1.01. The number of halogens is 1. The van der Waals surface area contributed by atoms with Crippen LogP contribution in [0.1, 0.15) is 16.7 Å². The Kier molecular flexibility index (Phi) is 6.20. The Morgan fingerprint density at radius 1 is 1.00 bits per heavy atom. The molecule has 4 rings (SSSR count). The molecule has 0 radical (unpaired) electrons. The minimum absolute atomic E-state index is 0.0408. The molecule has 0 amide bonds. The number of benzene rings is 3. The van der Waals surface area contributed by atoms with Crippen LogP contribution in [0.4, 0.5) is 10.8 Å². The fourth-order valence-corrected chi connectivity index (χ4v) is 3.86. The molecule has 0 saturated carbocycles. The summed E-state index contributed by atoms with van der Waals surface area (Å²) >= 11 is 4.90. The molecular formula is C23H17BrN4O2S. The van der Waals surface area contributed by atoms with Gasteiger partial charge in [0.15, 0.2) is 0 Å². The van der Waals surface area contributed by atoms with Gasteiger partial charge in [0.25, 0.3) is 5.69 Å². The second-order valence-electron chi connectivity index (χ2n) is 6.79. The van der Waals surface area contributed by atoms with E-state index in [9.17, 15) is 10.1 Å². The van der Waals surface area contributed by atoms with Crippen LogP contribution in [0.5, 0.6) is 0 Å². The number of rotatable bonds is 6. The number of aryl methyl sites for hydroxylation is 1. The van der Waals surface area contributed by atoms with Crippen molar-refractivity contribution in [2.75, 3.05) is 5.43 Å². The zero-order chi connectivity index (χ0) is 21.8. The standard InChI is InChI=1S/C23H17BrN4O2S/c1-15-2-4-17(5-3-15)22(18-8-12-20(13-9-18)28(29)30)26-27-23-25-21(14-31-23)16-6-10-19(24)11-7-16/h2-14H,1H3,(H,25,27)/b26-22-. The molecule has 1 N–H and O–H groups in total. The number of nitrogens with zero attached hydrogens (tertiary/aromatic N) is 3. The van der Waals surface area contributed by atoms with Gasteiger partial charge in [0.2, 0.25) is 5.13 Å². The maximum Gasteiger partial charge on any atom is 0.269 e. The third kappa shape index (κ3) is 5.04. The molecule has 8 heteroatoms. The van der Waals surface area contributed by atoms with E-state index in [1.54, 1.807) is 12.1 Å². The Morgan fingerprint density at radius 3 is 2.23 bits per heavy atom. The number of anilines is 1. The largest absolute Gasteiger partial charge is 0.269 e. The summed E-state index contributed by atoms with van der Waals surface area (Å²) in [5, 5.41) is 18.2. The van der Waals surface area contributed by atoms with Crippen molar-refractivity contribution in [2.24, 2.45) is 5.10 Å². The molecular weight excluding hydrogens is 476 g/mol. The summed E-state index contributed by atoms with van der Waals surface area (Å²) in [6.07, 6.45) is 0. The summed E-state index contributed by atoms with van der Waals surface area (Å²) in [5.41, 5.74) is 8.45. The summed E-state index contributed by atoms with van der Waals surface area (Å²) in [4.78, 5) is 15.2. The molecule has 0 unspecified atom stereocenters. The van der Waals surface area contributed by atoms with Gasteiger partial charge in [-0.25, -0.2) is 4.98 Å². The van der Waals surface area contributed by atoms with E-state index in [4.69, 9.17) is 0 Å². The zero-order valence-electron chi connectivity index (χ0n) is 16.4. The van der Waals surface area contributed by atoms with E-state index in [-0.39, 0.29) is 5.69 Å². The van der Waals surface area contributed by atoms with Crippen LogP contribution in [0.15, 0.2) is 87.8 Å². The van der Waals surface area contributed by atoms with Gasteiger partial charge in [0, 0.05) is 38.7 Å². The van der Waals surface area contributed by atoms with E-state index in [2.05, 4.69) is 31.4 Å². The lowest BCUT2D eigenvalue weighted by molar-refractivity contribution is -0.384. The molecule has 0 aliphatic heterocycles. The van der Waals surface area contributed by atoms with Gasteiger partial charge in [-0.3, -0.25) is 15.5 Å². The topological polar surface area (TPSA) is 80.4 Å². The monoisotopic (exact) mass is 492 g/mol. The van der Waals surface area contributed by atoms with Crippen molar-refractivity contribution in [3.63, 3.8) is 0 Å². The van der Waals surface area contributed by atoms with Gasteiger partial charge in [-0.15, -0.1) is 11.3 Å². The van der Waals surface area contributed by atoms with Gasteiger partial charge >= 0.3 is 0 Å². The van der Waals surface area contributed by atoms with Gasteiger partial charge in [-0.2, -0.15) is 5.10 Å². The Morgan fingerprint density at radius 2 is 1.61 bits per heavy atom. The van der Waals surface area contributed by atoms with Crippen molar-refractivity contribution in [3.8, 4) is 11.3 Å². The second kappa shape index (κ2) is 9.20. The highest BCUT2D eigenvalue weighted by atomic mass is 79.9. The first kappa shape index (κ1) is 20.9. The first-order valence-electron chi connectivity index (χ1n) is 9.36. The lowest BCUT2D eigenvalue weighted by Crippen LogP contribution is -2.07. The number of nitro benzene ring substituents is 1. The van der Waals surface area contributed by atoms with Crippen LogP contribution in [0.25, 0.3) is 11.3 Å². The fourth-order valence-electron chi connectivity index (χ4n) is 2.93. The molecule has 0 bridgehead atoms. The number of nitrogens with one attached hydrogen (secondary N) is 1. The Bertz CT molecular complexity index is 1230. The van der Waals surface area contributed by atoms with E-state index < -0.39 is 4.92 Å². The number of hydrazone groups is 1. The Labute approximate surface area is 191 Å². The maximum absolute atomic E-state index is 11.0. The lowest BCUT2D eigenvalue weighted by Gasteiger charge is -2.08. The smallest absolute Gasteiger partial charge is 0.258 e. The van der Waals surface area contributed by atoms with Crippen LogP contribution >= 0.6 is 27.3 Å². The molecule has 3 aromatic carbocycles. The van der Waals surface area contributed by atoms with Crippen molar-refractivity contribution in [3.05, 3.63) is 109 Å². The molecule has 0 atom stereocenters. The highest BCUT2D eigenvalue weighted by Crippen LogP contribution is 2.26. The quantitative estimate of drug-likeness (QED) is 0.185. The average Bonchev–Trinajstić information content (AvgIpc) is 3.25. The zero-order valence-corrected chi connectivity index (χ0v) is 18.9. The van der Waals surface area contributed by atoms with Crippen LogP contribution in [0.2, 0.25) is 0 Å². The highest BCUT2D eigenvalue weighted by molar-refractivity contribution is 9.10. The lowest BCUT2D eigenvalue weighted by atomic mass is 10.0. The number of aromatic nitrogens is 1. The Hall–Kier alpha value is -3.36. The molecule has 1 aromatic heterocycles. The molecule has 154 valence electrons. The predicted molar refractivity (Wildman–Crippen MR) is 129 cm³/mol. The molecule has 31 heavy (non-hydrogen) atoms. The van der Waals surface area contributed by atoms with Crippen LogP contribution in [-0.4, -0.2) is 15.6 Å². The van der Waals surface area contributed by atoms with Crippen LogP contribution in [0.3, 0.4) is 0 Å². The van der Waals surface area contributed by atoms with Crippen LogP contribution in [0, 0.1) is 17.0 Å². The first-order chi connectivity index (χ1) is 15.0. The minimum atomic E-state index is -0.413. The molecule has 0 saturated heterocycles. The number of nitro groups is 1. The second-order valence-corrected chi connectivity index (χ2v) is 8.56. The van der Waals surface area contributed by atoms with E-state index in [0.29, 0.717) is 10.8 Å². The van der Waals surface area contributed by atoms with Crippen molar-refractivity contribution in [1.29, 1.82) is 0 Å². The first-order valence-corrected chi connectivity index (χ1v) is 11.0. The van der Waals surface area contributed by atoms with Gasteiger partial charge in [0.05, 0.1) is 16.3 Å². The maximum atomic E-state index is 11.0. The van der Waals surface area contributed by atoms with Gasteiger partial charge < -0.3 is 0 Å². The molecule has 4 aromatic rings. The van der Waals surface area contributed by atoms with Crippen molar-refractivity contribution >= 4 is 43.8 Å². The minimum Gasteiger partial charge on any atom is -0.258 e. The van der Waals surface area contributed by atoms with Gasteiger partial charge in [-0.1, -0.05) is 57.9 Å². The number of non-ortho nitro benzene ring substituents is 1. The number of thiazole rings is 1. The highest BCUT2D eigenvalue weighted by Gasteiger charge is 2.11. The molecule has 0 fully saturated rings. The predicted octanol–water partition coefficient (Wildman–Crippen LogP) is 6.65. The van der Waals surface area contributed by atoms with Gasteiger partial charge in [0.1, 0.15) is 0 Å². The Balaban J connectivity index is 1.64. The van der Waals surface area contributed by atoms with E-state index >= 15 is 0 Å². The third-order valence-electron chi connectivity index (χ3n) is 4.58. The number of hydrogen-bond acceptors (Lipinski definition) is 6. The fraction of sp³-hybridized carbons (Fsp3) is 0.0435. The molecule has 0 aliphatic rings. The van der Waals surface area contributed by atoms with E-state index in [1.807, 2.05) is 60.8 Å². The summed E-state index contributed by atoms with van der Waals surface area (Å²) in [7, 11) is 0. The van der Waals surface area contributed by atoms with Crippen molar-refractivity contribution < 1.29 is 4.92 Å². The van der Waals surface area contributed by atoms with E-state index in [1.165, 1.54) is 23.5 Å².